The Balaban J connectivity index is 2.40. The summed E-state index contributed by atoms with van der Waals surface area (Å²) in [6.07, 6.45) is 1.01. The lowest BCUT2D eigenvalue weighted by atomic mass is 10.0. The highest BCUT2D eigenvalue weighted by Gasteiger charge is 2.27. The fraction of sp³-hybridized carbons (Fsp3) is 0.889. The molecule has 0 aromatic heterocycles. The van der Waals surface area contributed by atoms with Gasteiger partial charge in [0.25, 0.3) is 0 Å². The van der Waals surface area contributed by atoms with E-state index in [4.69, 9.17) is 11.6 Å². The average molecular weight is 222 g/mol. The summed E-state index contributed by atoms with van der Waals surface area (Å²) in [4.78, 5) is 11.6. The molecule has 0 aliphatic carbocycles. The molecule has 0 aromatic carbocycles. The molecule has 0 aromatic rings. The molecule has 1 aliphatic heterocycles. The van der Waals surface area contributed by atoms with Gasteiger partial charge in [-0.25, -0.2) is 0 Å². The van der Waals surface area contributed by atoms with E-state index in [1.807, 2.05) is 25.6 Å². The van der Waals surface area contributed by atoms with Gasteiger partial charge < -0.3 is 5.32 Å². The van der Waals surface area contributed by atoms with Crippen molar-refractivity contribution in [1.82, 2.24) is 5.32 Å². The largest absolute Gasteiger partial charge is 0.350 e. The number of halogens is 1. The summed E-state index contributed by atoms with van der Waals surface area (Å²) in [6, 6.07) is 0. The second-order valence-corrected chi connectivity index (χ2v) is 5.48. The molecule has 1 fully saturated rings. The Morgan fingerprint density at radius 3 is 2.85 bits per heavy atom. The predicted molar refractivity (Wildman–Crippen MR) is 58.4 cm³/mol. The SMILES string of the molecule is CC(C)(CCl)NC(=O)C1CCSC1. The van der Waals surface area contributed by atoms with Gasteiger partial charge in [0, 0.05) is 23.1 Å². The number of rotatable bonds is 3. The van der Waals surface area contributed by atoms with Crippen molar-refractivity contribution in [3.63, 3.8) is 0 Å². The first-order chi connectivity index (χ1) is 6.05. The van der Waals surface area contributed by atoms with Crippen LogP contribution in [0.15, 0.2) is 0 Å². The highest BCUT2D eigenvalue weighted by atomic mass is 35.5. The van der Waals surface area contributed by atoms with E-state index in [0.717, 1.165) is 17.9 Å². The Bertz CT molecular complexity index is 190. The van der Waals surface area contributed by atoms with E-state index in [2.05, 4.69) is 5.32 Å². The lowest BCUT2D eigenvalue weighted by molar-refractivity contribution is -0.125. The molecular formula is C9H16ClNOS. The van der Waals surface area contributed by atoms with Crippen molar-refractivity contribution in [3.05, 3.63) is 0 Å². The topological polar surface area (TPSA) is 29.1 Å². The predicted octanol–water partition coefficient (Wildman–Crippen LogP) is 1.87. The molecule has 1 atom stereocenters. The molecule has 1 N–H and O–H groups in total. The fourth-order valence-electron chi connectivity index (χ4n) is 1.21. The molecular weight excluding hydrogens is 206 g/mol. The number of carbonyl (C=O) groups excluding carboxylic acids is 1. The number of hydrogen-bond acceptors (Lipinski definition) is 2. The highest BCUT2D eigenvalue weighted by Crippen LogP contribution is 2.24. The van der Waals surface area contributed by atoms with E-state index in [1.54, 1.807) is 0 Å². The zero-order chi connectivity index (χ0) is 9.90. The van der Waals surface area contributed by atoms with Crippen LogP contribution in [-0.2, 0) is 4.79 Å². The van der Waals surface area contributed by atoms with E-state index >= 15 is 0 Å². The molecule has 1 rings (SSSR count). The van der Waals surface area contributed by atoms with Crippen LogP contribution in [0.4, 0.5) is 0 Å². The minimum Gasteiger partial charge on any atom is -0.350 e. The average Bonchev–Trinajstić information content (AvgIpc) is 2.55. The Morgan fingerprint density at radius 1 is 1.69 bits per heavy atom. The lowest BCUT2D eigenvalue weighted by Gasteiger charge is -2.25. The molecule has 0 spiro atoms. The molecule has 2 nitrogen and oxygen atoms in total. The van der Waals surface area contributed by atoms with Gasteiger partial charge in [-0.1, -0.05) is 0 Å². The summed E-state index contributed by atoms with van der Waals surface area (Å²) in [5, 5.41) is 2.96. The first kappa shape index (κ1) is 11.2. The van der Waals surface area contributed by atoms with E-state index < -0.39 is 0 Å². The van der Waals surface area contributed by atoms with Crippen LogP contribution in [0.25, 0.3) is 0 Å². The number of amides is 1. The van der Waals surface area contributed by atoms with Crippen LogP contribution < -0.4 is 5.32 Å². The van der Waals surface area contributed by atoms with Gasteiger partial charge >= 0.3 is 0 Å². The maximum atomic E-state index is 11.6. The molecule has 1 amide bonds. The van der Waals surface area contributed by atoms with Gasteiger partial charge in [-0.05, 0) is 26.0 Å². The monoisotopic (exact) mass is 221 g/mol. The summed E-state index contributed by atoms with van der Waals surface area (Å²) < 4.78 is 0. The Hall–Kier alpha value is 0.110. The molecule has 0 radical (unpaired) electrons. The maximum Gasteiger partial charge on any atom is 0.224 e. The summed E-state index contributed by atoms with van der Waals surface area (Å²) in [7, 11) is 0. The number of hydrogen-bond donors (Lipinski definition) is 1. The van der Waals surface area contributed by atoms with Crippen molar-refractivity contribution >= 4 is 29.3 Å². The van der Waals surface area contributed by atoms with Crippen LogP contribution in [0.5, 0.6) is 0 Å². The first-order valence-corrected chi connectivity index (χ1v) is 6.20. The molecule has 76 valence electrons. The lowest BCUT2D eigenvalue weighted by Crippen LogP contribution is -2.47. The smallest absolute Gasteiger partial charge is 0.224 e. The molecule has 1 saturated heterocycles. The van der Waals surface area contributed by atoms with Crippen LogP contribution in [0.1, 0.15) is 20.3 Å². The van der Waals surface area contributed by atoms with E-state index in [9.17, 15) is 4.79 Å². The molecule has 0 bridgehead atoms. The third kappa shape index (κ3) is 3.39. The van der Waals surface area contributed by atoms with Crippen molar-refractivity contribution in [1.29, 1.82) is 0 Å². The van der Waals surface area contributed by atoms with Gasteiger partial charge in [0.1, 0.15) is 0 Å². The minimum atomic E-state index is -0.272. The Kier molecular flexibility index (Phi) is 3.92. The van der Waals surface area contributed by atoms with Gasteiger partial charge in [0.05, 0.1) is 0 Å². The summed E-state index contributed by atoms with van der Waals surface area (Å²) in [5.41, 5.74) is -0.272. The fourth-order valence-corrected chi connectivity index (χ4v) is 2.50. The summed E-state index contributed by atoms with van der Waals surface area (Å²) in [5.74, 6) is 2.89. The molecule has 13 heavy (non-hydrogen) atoms. The second-order valence-electron chi connectivity index (χ2n) is 4.07. The minimum absolute atomic E-state index is 0.163. The van der Waals surface area contributed by atoms with Gasteiger partial charge in [0.2, 0.25) is 5.91 Å². The van der Waals surface area contributed by atoms with Crippen molar-refractivity contribution in [2.75, 3.05) is 17.4 Å². The zero-order valence-electron chi connectivity index (χ0n) is 8.10. The first-order valence-electron chi connectivity index (χ1n) is 4.51. The Labute approximate surface area is 88.8 Å². The van der Waals surface area contributed by atoms with E-state index in [1.165, 1.54) is 0 Å². The van der Waals surface area contributed by atoms with Crippen molar-refractivity contribution in [3.8, 4) is 0 Å². The highest BCUT2D eigenvalue weighted by molar-refractivity contribution is 7.99. The zero-order valence-corrected chi connectivity index (χ0v) is 9.67. The normalized spacial score (nSPS) is 23.2. The van der Waals surface area contributed by atoms with Crippen molar-refractivity contribution < 1.29 is 4.79 Å². The van der Waals surface area contributed by atoms with Gasteiger partial charge in [-0.3, -0.25) is 4.79 Å². The molecule has 4 heteroatoms. The van der Waals surface area contributed by atoms with Gasteiger partial charge in [-0.15, -0.1) is 11.6 Å². The second kappa shape index (κ2) is 4.56. The van der Waals surface area contributed by atoms with Crippen LogP contribution >= 0.6 is 23.4 Å². The van der Waals surface area contributed by atoms with Gasteiger partial charge in [-0.2, -0.15) is 11.8 Å². The van der Waals surface area contributed by atoms with Crippen LogP contribution in [0.3, 0.4) is 0 Å². The molecule has 1 aliphatic rings. The summed E-state index contributed by atoms with van der Waals surface area (Å²) >= 11 is 7.57. The Morgan fingerprint density at radius 2 is 2.38 bits per heavy atom. The summed E-state index contributed by atoms with van der Waals surface area (Å²) in [6.45, 7) is 3.89. The van der Waals surface area contributed by atoms with E-state index in [-0.39, 0.29) is 17.4 Å². The van der Waals surface area contributed by atoms with Gasteiger partial charge in [0.15, 0.2) is 0 Å². The maximum absolute atomic E-state index is 11.6. The molecule has 1 heterocycles. The van der Waals surface area contributed by atoms with Crippen LogP contribution in [0.2, 0.25) is 0 Å². The quantitative estimate of drug-likeness (QED) is 0.738. The number of alkyl halides is 1. The van der Waals surface area contributed by atoms with Crippen LogP contribution in [0, 0.1) is 5.92 Å². The van der Waals surface area contributed by atoms with E-state index in [0.29, 0.717) is 5.88 Å². The number of nitrogens with one attached hydrogen (secondary N) is 1. The van der Waals surface area contributed by atoms with Crippen molar-refractivity contribution in [2.24, 2.45) is 5.92 Å². The van der Waals surface area contributed by atoms with Crippen LogP contribution in [-0.4, -0.2) is 28.8 Å². The standard InChI is InChI=1S/C9H16ClNOS/c1-9(2,6-10)11-8(12)7-3-4-13-5-7/h7H,3-6H2,1-2H3,(H,11,12). The number of thioether (sulfide) groups is 1. The molecule has 0 saturated carbocycles. The third-order valence-electron chi connectivity index (χ3n) is 2.10. The van der Waals surface area contributed by atoms with Crippen molar-refractivity contribution in [2.45, 2.75) is 25.8 Å². The number of carbonyl (C=O) groups is 1. The third-order valence-corrected chi connectivity index (χ3v) is 3.93. The molecule has 1 unspecified atom stereocenters.